The van der Waals surface area contributed by atoms with Crippen LogP contribution >= 0.6 is 11.6 Å². The highest BCUT2D eigenvalue weighted by Crippen LogP contribution is 1.98. The highest BCUT2D eigenvalue weighted by atomic mass is 35.5. The van der Waals surface area contributed by atoms with E-state index in [0.717, 1.165) is 0 Å². The van der Waals surface area contributed by atoms with Crippen LogP contribution in [0, 0.1) is 0 Å². The number of methoxy groups -OCH3 is 1. The summed E-state index contributed by atoms with van der Waals surface area (Å²) in [6, 6.07) is -0.0910. The summed E-state index contributed by atoms with van der Waals surface area (Å²) in [5, 5.41) is 0. The summed E-state index contributed by atoms with van der Waals surface area (Å²) in [5.74, 6) is 0. The van der Waals surface area contributed by atoms with E-state index in [2.05, 4.69) is 4.74 Å². The van der Waals surface area contributed by atoms with E-state index in [1.165, 1.54) is 7.11 Å². The number of hydrogen-bond acceptors (Lipinski definition) is 2. The van der Waals surface area contributed by atoms with Gasteiger partial charge in [-0.3, -0.25) is 0 Å². The highest BCUT2D eigenvalue weighted by molar-refractivity contribution is 6.20. The molecule has 0 rings (SSSR count). The third-order valence-corrected chi connectivity index (χ3v) is 1.21. The summed E-state index contributed by atoms with van der Waals surface area (Å²) >= 11 is 5.45. The van der Waals surface area contributed by atoms with E-state index in [9.17, 15) is 0 Å². The molecule has 0 aromatic heterocycles. The number of alkyl halides is 1. The molecule has 44 valence electrons. The van der Waals surface area contributed by atoms with E-state index in [4.69, 9.17) is 17.3 Å². The van der Waals surface area contributed by atoms with Gasteiger partial charge in [-0.15, -0.1) is 0 Å². The lowest BCUT2D eigenvalue weighted by Gasteiger charge is -2.09. The third kappa shape index (κ3) is 2.85. The molecule has 2 N–H and O–H groups in total. The van der Waals surface area contributed by atoms with Crippen molar-refractivity contribution in [2.45, 2.75) is 18.5 Å². The lowest BCUT2D eigenvalue weighted by Crippen LogP contribution is -2.28. The molecule has 2 unspecified atom stereocenters. The Labute approximate surface area is 48.6 Å². The Balaban J connectivity index is 3.14. The molecule has 0 bridgehead atoms. The molecule has 0 saturated carbocycles. The van der Waals surface area contributed by atoms with Crippen molar-refractivity contribution in [1.82, 2.24) is 0 Å². The average Bonchev–Trinajstić information content (AvgIpc) is 1.65. The van der Waals surface area contributed by atoms with Crippen molar-refractivity contribution in [3.8, 4) is 0 Å². The first-order valence-corrected chi connectivity index (χ1v) is 2.54. The fourth-order valence-corrected chi connectivity index (χ4v) is 0.215. The average molecular weight is 124 g/mol. The van der Waals surface area contributed by atoms with Crippen molar-refractivity contribution in [2.24, 2.45) is 5.73 Å². The van der Waals surface area contributed by atoms with E-state index in [1.807, 2.05) is 0 Å². The largest absolute Gasteiger partial charge is 0.364 e. The second kappa shape index (κ2) is 3.24. The molecule has 0 aromatic carbocycles. The fraction of sp³-hybridized carbons (Fsp3) is 1.00. The smallest absolute Gasteiger partial charge is 0.145 e. The molecule has 0 aliphatic heterocycles. The zero-order valence-electron chi connectivity index (χ0n) is 4.52. The first-order chi connectivity index (χ1) is 3.18. The Morgan fingerprint density at radius 1 is 1.71 bits per heavy atom. The minimum atomic E-state index is -0.347. The molecule has 0 saturated heterocycles. The van der Waals surface area contributed by atoms with Gasteiger partial charge >= 0.3 is 0 Å². The van der Waals surface area contributed by atoms with Crippen molar-refractivity contribution < 1.29 is 4.74 Å². The maximum Gasteiger partial charge on any atom is 0.145 e. The second-order valence-electron chi connectivity index (χ2n) is 1.45. The van der Waals surface area contributed by atoms with Crippen molar-refractivity contribution in [2.75, 3.05) is 7.11 Å². The van der Waals surface area contributed by atoms with Gasteiger partial charge in [-0.05, 0) is 6.92 Å². The predicted octanol–water partition coefficient (Wildman–Crippen LogP) is 0.545. The molecule has 0 aliphatic rings. The third-order valence-electron chi connectivity index (χ3n) is 0.639. The standard InChI is InChI=1S/C4H10ClNO/c1-3(6)4(5)7-2/h3-4H,6H2,1-2H3. The minimum Gasteiger partial charge on any atom is -0.364 e. The van der Waals surface area contributed by atoms with E-state index in [1.54, 1.807) is 6.92 Å². The Morgan fingerprint density at radius 2 is 2.14 bits per heavy atom. The summed E-state index contributed by atoms with van der Waals surface area (Å²) in [6.45, 7) is 1.79. The summed E-state index contributed by atoms with van der Waals surface area (Å²) in [5.41, 5.74) is 4.94. The van der Waals surface area contributed by atoms with Crippen LogP contribution in [0.3, 0.4) is 0 Å². The van der Waals surface area contributed by atoms with Crippen LogP contribution < -0.4 is 5.73 Å². The highest BCUT2D eigenvalue weighted by Gasteiger charge is 2.05. The van der Waals surface area contributed by atoms with Gasteiger partial charge in [0.15, 0.2) is 0 Å². The number of hydrogen-bond donors (Lipinski definition) is 1. The lowest BCUT2D eigenvalue weighted by atomic mass is 10.4. The van der Waals surface area contributed by atoms with E-state index >= 15 is 0 Å². The normalized spacial score (nSPS) is 18.9. The molecule has 0 spiro atoms. The topological polar surface area (TPSA) is 35.2 Å². The molecule has 0 aromatic rings. The first-order valence-electron chi connectivity index (χ1n) is 2.11. The molecule has 0 heterocycles. The van der Waals surface area contributed by atoms with Gasteiger partial charge in [0.25, 0.3) is 0 Å². The molecule has 0 aliphatic carbocycles. The summed E-state index contributed by atoms with van der Waals surface area (Å²) in [7, 11) is 1.53. The first kappa shape index (κ1) is 7.21. The summed E-state index contributed by atoms with van der Waals surface area (Å²) in [4.78, 5) is 0. The molecule has 3 heteroatoms. The maximum absolute atomic E-state index is 5.45. The molecule has 2 nitrogen and oxygen atoms in total. The van der Waals surface area contributed by atoms with Crippen LogP contribution in [0.15, 0.2) is 0 Å². The lowest BCUT2D eigenvalue weighted by molar-refractivity contribution is 0.150. The Kier molecular flexibility index (Phi) is 3.34. The van der Waals surface area contributed by atoms with Gasteiger partial charge in [0.05, 0.1) is 0 Å². The van der Waals surface area contributed by atoms with Crippen LogP contribution in [-0.2, 0) is 4.74 Å². The van der Waals surface area contributed by atoms with E-state index < -0.39 is 0 Å². The minimum absolute atomic E-state index is 0.0910. The number of rotatable bonds is 2. The van der Waals surface area contributed by atoms with Gasteiger partial charge in [-0.25, -0.2) is 0 Å². The second-order valence-corrected chi connectivity index (χ2v) is 1.88. The quantitative estimate of drug-likeness (QED) is 0.545. The SMILES string of the molecule is COC(Cl)C(C)N. The van der Waals surface area contributed by atoms with Crippen LogP contribution in [0.5, 0.6) is 0 Å². The monoisotopic (exact) mass is 123 g/mol. The van der Waals surface area contributed by atoms with Gasteiger partial charge in [0.2, 0.25) is 0 Å². The van der Waals surface area contributed by atoms with Gasteiger partial charge in [0, 0.05) is 13.2 Å². The molecular weight excluding hydrogens is 114 g/mol. The predicted molar refractivity (Wildman–Crippen MR) is 30.3 cm³/mol. The Morgan fingerprint density at radius 3 is 2.14 bits per heavy atom. The van der Waals surface area contributed by atoms with Gasteiger partial charge in [-0.2, -0.15) is 0 Å². The van der Waals surface area contributed by atoms with Crippen LogP contribution in [0.2, 0.25) is 0 Å². The summed E-state index contributed by atoms with van der Waals surface area (Å²) in [6.07, 6.45) is 0. The molecule has 7 heavy (non-hydrogen) atoms. The van der Waals surface area contributed by atoms with Crippen molar-refractivity contribution in [1.29, 1.82) is 0 Å². The Bertz CT molecular complexity index is 49.0. The summed E-state index contributed by atoms with van der Waals surface area (Å²) < 4.78 is 4.65. The Hall–Kier alpha value is 0.210. The van der Waals surface area contributed by atoms with Gasteiger partial charge < -0.3 is 10.5 Å². The van der Waals surface area contributed by atoms with Crippen molar-refractivity contribution >= 4 is 11.6 Å². The van der Waals surface area contributed by atoms with Crippen LogP contribution in [-0.4, -0.2) is 18.7 Å². The van der Waals surface area contributed by atoms with Crippen LogP contribution in [0.1, 0.15) is 6.92 Å². The zero-order chi connectivity index (χ0) is 5.86. The van der Waals surface area contributed by atoms with Crippen LogP contribution in [0.4, 0.5) is 0 Å². The zero-order valence-corrected chi connectivity index (χ0v) is 5.27. The molecule has 0 fully saturated rings. The van der Waals surface area contributed by atoms with E-state index in [0.29, 0.717) is 0 Å². The van der Waals surface area contributed by atoms with E-state index in [-0.39, 0.29) is 11.6 Å². The molecule has 2 atom stereocenters. The molecule has 0 radical (unpaired) electrons. The van der Waals surface area contributed by atoms with Gasteiger partial charge in [0.1, 0.15) is 5.56 Å². The van der Waals surface area contributed by atoms with Crippen molar-refractivity contribution in [3.05, 3.63) is 0 Å². The van der Waals surface area contributed by atoms with Crippen LogP contribution in [0.25, 0.3) is 0 Å². The molecular formula is C4H10ClNO. The number of ether oxygens (including phenoxy) is 1. The fourth-order valence-electron chi connectivity index (χ4n) is 0.215. The van der Waals surface area contributed by atoms with Gasteiger partial charge in [-0.1, -0.05) is 11.6 Å². The number of halogens is 1. The maximum atomic E-state index is 5.45. The van der Waals surface area contributed by atoms with Crippen molar-refractivity contribution in [3.63, 3.8) is 0 Å². The molecule has 0 amide bonds. The number of nitrogens with two attached hydrogens (primary N) is 1.